The minimum Gasteiger partial charge on any atom is -0.345 e. The van der Waals surface area contributed by atoms with Crippen LogP contribution in [0.2, 0.25) is 38.3 Å². The number of carbonyl (C=O) groups excluding carboxylic acids is 1. The van der Waals surface area contributed by atoms with Crippen LogP contribution in [0.5, 0.6) is 0 Å². The summed E-state index contributed by atoms with van der Waals surface area (Å²) >= 11 is 0. The number of hydrogen-bond donors (Lipinski definition) is 0. The topological polar surface area (TPSA) is 20.3 Å². The van der Waals surface area contributed by atoms with Crippen molar-refractivity contribution in [1.29, 1.82) is 0 Å². The Morgan fingerprint density at radius 3 is 2.15 bits per heavy atom. The molecule has 0 aromatic heterocycles. The van der Waals surface area contributed by atoms with Gasteiger partial charge in [-0.2, -0.15) is 0 Å². The summed E-state index contributed by atoms with van der Waals surface area (Å²) in [5.74, 6) is 0.295. The Labute approximate surface area is 125 Å². The predicted octanol–water partition coefficient (Wildman–Crippen LogP) is 4.38. The van der Waals surface area contributed by atoms with Crippen LogP contribution < -0.4 is 0 Å². The maximum absolute atomic E-state index is 12.1. The van der Waals surface area contributed by atoms with Gasteiger partial charge in [-0.05, 0) is 25.1 Å². The smallest absolute Gasteiger partial charge is 0.162 e. The minimum absolute atomic E-state index is 0.295. The van der Waals surface area contributed by atoms with E-state index in [-0.39, 0.29) is 0 Å². The molecular weight excluding hydrogens is 278 g/mol. The molecule has 1 fully saturated rings. The van der Waals surface area contributed by atoms with Gasteiger partial charge in [0, 0.05) is 12.0 Å². The molecule has 2 nitrogen and oxygen atoms in total. The molecule has 4 heteroatoms. The predicted molar refractivity (Wildman–Crippen MR) is 91.3 cm³/mol. The molecule has 0 radical (unpaired) electrons. The summed E-state index contributed by atoms with van der Waals surface area (Å²) in [4.78, 5) is 12.1. The Morgan fingerprint density at radius 1 is 1.05 bits per heavy atom. The fourth-order valence-electron chi connectivity index (χ4n) is 3.47. The molecule has 1 aromatic carbocycles. The van der Waals surface area contributed by atoms with Crippen molar-refractivity contribution in [2.45, 2.75) is 51.1 Å². The molecule has 0 aliphatic carbocycles. The zero-order chi connectivity index (χ0) is 14.8. The number of ketones is 1. The Morgan fingerprint density at radius 2 is 1.60 bits per heavy atom. The second-order valence-corrected chi connectivity index (χ2v) is 16.9. The van der Waals surface area contributed by atoms with Crippen molar-refractivity contribution in [3.05, 3.63) is 35.9 Å². The number of benzene rings is 1. The molecule has 1 heterocycles. The standard InChI is InChI=1S/C16H27NOSi2/c1-19(2)13-14-20(3,4)17(19)12-8-11-16(18)15-9-6-5-7-10-15/h5-7,9-10H,8,11-14H2,1-4H3. The van der Waals surface area contributed by atoms with Gasteiger partial charge in [0.2, 0.25) is 0 Å². The molecule has 110 valence electrons. The monoisotopic (exact) mass is 305 g/mol. The van der Waals surface area contributed by atoms with Crippen LogP contribution in [0.1, 0.15) is 23.2 Å². The van der Waals surface area contributed by atoms with Crippen molar-refractivity contribution in [3.63, 3.8) is 0 Å². The van der Waals surface area contributed by atoms with E-state index in [9.17, 15) is 4.79 Å². The summed E-state index contributed by atoms with van der Waals surface area (Å²) in [6.45, 7) is 11.1. The van der Waals surface area contributed by atoms with Crippen LogP contribution in [0, 0.1) is 0 Å². The Balaban J connectivity index is 1.88. The molecule has 0 spiro atoms. The highest BCUT2D eigenvalue weighted by atomic mass is 28.4. The zero-order valence-corrected chi connectivity index (χ0v) is 15.3. The van der Waals surface area contributed by atoms with Crippen LogP contribution in [0.4, 0.5) is 0 Å². The van der Waals surface area contributed by atoms with E-state index in [0.29, 0.717) is 12.2 Å². The normalized spacial score (nSPS) is 21.0. The summed E-state index contributed by atoms with van der Waals surface area (Å²) in [5.41, 5.74) is 0.863. The lowest BCUT2D eigenvalue weighted by Gasteiger charge is -2.38. The van der Waals surface area contributed by atoms with E-state index < -0.39 is 16.5 Å². The molecule has 0 atom stereocenters. The molecule has 0 amide bonds. The second-order valence-electron chi connectivity index (χ2n) is 7.17. The maximum Gasteiger partial charge on any atom is 0.162 e. The van der Waals surface area contributed by atoms with Crippen molar-refractivity contribution in [1.82, 2.24) is 4.23 Å². The highest BCUT2D eigenvalue weighted by molar-refractivity contribution is 6.95. The maximum atomic E-state index is 12.1. The van der Waals surface area contributed by atoms with Gasteiger partial charge in [-0.25, -0.2) is 0 Å². The number of hydrogen-bond acceptors (Lipinski definition) is 2. The van der Waals surface area contributed by atoms with Crippen LogP contribution in [0.15, 0.2) is 30.3 Å². The van der Waals surface area contributed by atoms with Crippen molar-refractivity contribution < 1.29 is 4.79 Å². The third-order valence-electron chi connectivity index (χ3n) is 4.69. The molecular formula is C16H27NOSi2. The highest BCUT2D eigenvalue weighted by Crippen LogP contribution is 2.36. The fraction of sp³-hybridized carbons (Fsp3) is 0.562. The SMILES string of the molecule is C[Si]1(C)CC[Si](C)(C)N1CCCC(=O)c1ccccc1. The van der Waals surface area contributed by atoms with Crippen LogP contribution in [-0.4, -0.2) is 33.0 Å². The van der Waals surface area contributed by atoms with Gasteiger partial charge >= 0.3 is 0 Å². The molecule has 1 aromatic rings. The van der Waals surface area contributed by atoms with E-state index in [4.69, 9.17) is 0 Å². The molecule has 2 rings (SSSR count). The van der Waals surface area contributed by atoms with Crippen LogP contribution in [0.3, 0.4) is 0 Å². The van der Waals surface area contributed by atoms with E-state index in [2.05, 4.69) is 30.4 Å². The van der Waals surface area contributed by atoms with Crippen LogP contribution >= 0.6 is 0 Å². The summed E-state index contributed by atoms with van der Waals surface area (Å²) in [5, 5.41) is 0. The van der Waals surface area contributed by atoms with Crippen molar-refractivity contribution in [2.24, 2.45) is 0 Å². The molecule has 0 saturated carbocycles. The third kappa shape index (κ3) is 3.48. The molecule has 1 aliphatic rings. The van der Waals surface area contributed by atoms with Gasteiger partial charge in [0.1, 0.15) is 16.5 Å². The number of nitrogens with zero attached hydrogens (tertiary/aromatic N) is 1. The molecule has 1 saturated heterocycles. The largest absolute Gasteiger partial charge is 0.345 e. The highest BCUT2D eigenvalue weighted by Gasteiger charge is 2.46. The molecule has 20 heavy (non-hydrogen) atoms. The lowest BCUT2D eigenvalue weighted by molar-refractivity contribution is 0.0979. The summed E-state index contributed by atoms with van der Waals surface area (Å²) in [7, 11) is -2.35. The third-order valence-corrected chi connectivity index (χ3v) is 15.1. The Hall–Kier alpha value is -0.716. The Bertz CT molecular complexity index is 455. The van der Waals surface area contributed by atoms with Gasteiger partial charge in [-0.1, -0.05) is 56.5 Å². The number of rotatable bonds is 5. The summed E-state index contributed by atoms with van der Waals surface area (Å²) in [6.07, 6.45) is 1.70. The lowest BCUT2D eigenvalue weighted by Crippen LogP contribution is -2.55. The van der Waals surface area contributed by atoms with E-state index in [1.54, 1.807) is 0 Å². The first-order valence-corrected chi connectivity index (χ1v) is 14.0. The van der Waals surface area contributed by atoms with Gasteiger partial charge in [0.05, 0.1) is 0 Å². The van der Waals surface area contributed by atoms with Crippen LogP contribution in [-0.2, 0) is 0 Å². The van der Waals surface area contributed by atoms with Gasteiger partial charge in [-0.3, -0.25) is 4.79 Å². The summed E-state index contributed by atoms with van der Waals surface area (Å²) < 4.78 is 2.86. The van der Waals surface area contributed by atoms with Gasteiger partial charge in [0.15, 0.2) is 5.78 Å². The quantitative estimate of drug-likeness (QED) is 0.594. The average Bonchev–Trinajstić information content (AvgIpc) is 2.62. The minimum atomic E-state index is -1.17. The zero-order valence-electron chi connectivity index (χ0n) is 13.3. The van der Waals surface area contributed by atoms with E-state index in [0.717, 1.165) is 18.5 Å². The first-order valence-electron chi connectivity index (χ1n) is 7.69. The van der Waals surface area contributed by atoms with Crippen molar-refractivity contribution in [3.8, 4) is 0 Å². The number of carbonyl (C=O) groups is 1. The first kappa shape index (κ1) is 15.7. The van der Waals surface area contributed by atoms with Gasteiger partial charge < -0.3 is 4.23 Å². The van der Waals surface area contributed by atoms with Gasteiger partial charge in [0.25, 0.3) is 0 Å². The molecule has 0 N–H and O–H groups in total. The molecule has 0 unspecified atom stereocenters. The number of Topliss-reactive ketones (excluding diaryl/α,β-unsaturated/α-hetero) is 1. The first-order chi connectivity index (χ1) is 9.33. The Kier molecular flexibility index (Phi) is 4.67. The van der Waals surface area contributed by atoms with E-state index in [1.807, 2.05) is 30.3 Å². The average molecular weight is 306 g/mol. The van der Waals surface area contributed by atoms with Crippen molar-refractivity contribution >= 4 is 22.3 Å². The van der Waals surface area contributed by atoms with E-state index in [1.165, 1.54) is 12.1 Å². The van der Waals surface area contributed by atoms with Gasteiger partial charge in [-0.15, -0.1) is 0 Å². The molecule has 0 bridgehead atoms. The van der Waals surface area contributed by atoms with E-state index >= 15 is 0 Å². The van der Waals surface area contributed by atoms with Crippen molar-refractivity contribution in [2.75, 3.05) is 6.54 Å². The lowest BCUT2D eigenvalue weighted by atomic mass is 10.1. The second kappa shape index (κ2) is 5.96. The van der Waals surface area contributed by atoms with Crippen LogP contribution in [0.25, 0.3) is 0 Å². The molecule has 1 aliphatic heterocycles. The fourth-order valence-corrected chi connectivity index (χ4v) is 17.7. The summed E-state index contributed by atoms with van der Waals surface area (Å²) in [6, 6.07) is 12.6.